The number of benzene rings is 1. The molecule has 3 aromatic rings. The van der Waals surface area contributed by atoms with Gasteiger partial charge in [-0.1, -0.05) is 0 Å². The van der Waals surface area contributed by atoms with Gasteiger partial charge in [-0.05, 0) is 105 Å². The number of fused-ring (bicyclic) bond motifs is 3. The zero-order valence-electron chi connectivity index (χ0n) is 24.9. The molecule has 1 N–H and O–H groups in total. The van der Waals surface area contributed by atoms with Crippen molar-refractivity contribution in [2.75, 3.05) is 18.4 Å². The molecule has 1 unspecified atom stereocenters. The molecule has 0 bridgehead atoms. The third kappa shape index (κ3) is 5.61. The Balaban J connectivity index is 1.36. The van der Waals surface area contributed by atoms with E-state index >= 15 is 0 Å². The van der Waals surface area contributed by atoms with Crippen molar-refractivity contribution in [3.8, 4) is 0 Å². The fourth-order valence-electron chi connectivity index (χ4n) is 6.81. The summed E-state index contributed by atoms with van der Waals surface area (Å²) in [6, 6.07) is 3.18. The number of likely N-dealkylation sites (tertiary alicyclic amines) is 1. The molecular formula is C30H34BrF3N6O4. The van der Waals surface area contributed by atoms with Crippen LogP contribution < -0.4 is 10.9 Å². The molecule has 1 atom stereocenters. The first-order valence-electron chi connectivity index (χ1n) is 14.7. The van der Waals surface area contributed by atoms with Crippen molar-refractivity contribution in [2.24, 2.45) is 5.92 Å². The van der Waals surface area contributed by atoms with E-state index in [4.69, 9.17) is 4.74 Å². The Hall–Kier alpha value is -3.42. The number of hydrogen-bond acceptors (Lipinski definition) is 6. The summed E-state index contributed by atoms with van der Waals surface area (Å²) in [6.45, 7) is 7.62. The van der Waals surface area contributed by atoms with Gasteiger partial charge in [0.25, 0.3) is 5.56 Å². The summed E-state index contributed by atoms with van der Waals surface area (Å²) in [7, 11) is 0. The summed E-state index contributed by atoms with van der Waals surface area (Å²) in [4.78, 5) is 46.5. The highest BCUT2D eigenvalue weighted by Crippen LogP contribution is 2.57. The van der Waals surface area contributed by atoms with Crippen LogP contribution in [0.15, 0.2) is 27.7 Å². The number of piperidine rings is 1. The molecule has 2 fully saturated rings. The van der Waals surface area contributed by atoms with Crippen LogP contribution in [0.2, 0.25) is 0 Å². The number of halogens is 4. The van der Waals surface area contributed by atoms with Crippen molar-refractivity contribution in [3.05, 3.63) is 55.7 Å². The number of hydrogen-bond donors (Lipinski definition) is 1. The number of aromatic nitrogens is 4. The zero-order valence-corrected chi connectivity index (χ0v) is 26.5. The van der Waals surface area contributed by atoms with Gasteiger partial charge in [-0.3, -0.25) is 9.59 Å². The van der Waals surface area contributed by atoms with Crippen LogP contribution in [0.4, 0.5) is 23.7 Å². The third-order valence-electron chi connectivity index (χ3n) is 8.94. The monoisotopic (exact) mass is 678 g/mol. The number of rotatable bonds is 4. The molecule has 1 aromatic carbocycles. The Morgan fingerprint density at radius 1 is 1.16 bits per heavy atom. The first-order valence-corrected chi connectivity index (χ1v) is 15.5. The third-order valence-corrected chi connectivity index (χ3v) is 9.28. The standard InChI is InChI=1S/C30H34BrF3N6O4/c1-16-13-18(30(32,33)34)7-8-20(16)35-21(41)15-39-23-19(17-5-6-17)14-29(22(23)24(42)40-26(39)36-25(31)37-40)9-11-38(12-10-29)27(43)44-28(2,3)4/h7-8,13,17,19H,5-6,9-12,14-15H2,1-4H3,(H,35,41). The van der Waals surface area contributed by atoms with E-state index in [1.807, 2.05) is 20.8 Å². The number of ether oxygens (including phenoxy) is 1. The average Bonchev–Trinajstić information content (AvgIpc) is 3.61. The van der Waals surface area contributed by atoms with Crippen LogP contribution >= 0.6 is 15.9 Å². The fraction of sp³-hybridized carbons (Fsp3) is 0.567. The van der Waals surface area contributed by atoms with E-state index in [0.29, 0.717) is 37.4 Å². The highest BCUT2D eigenvalue weighted by atomic mass is 79.9. The molecule has 44 heavy (non-hydrogen) atoms. The lowest BCUT2D eigenvalue weighted by atomic mass is 9.73. The minimum Gasteiger partial charge on any atom is -0.444 e. The average molecular weight is 680 g/mol. The van der Waals surface area contributed by atoms with Crippen LogP contribution in [0, 0.1) is 12.8 Å². The lowest BCUT2D eigenvalue weighted by Crippen LogP contribution is -2.48. The number of carbonyl (C=O) groups excluding carboxylic acids is 2. The molecule has 2 amide bonds. The molecule has 3 aliphatic rings. The van der Waals surface area contributed by atoms with Gasteiger partial charge < -0.3 is 19.5 Å². The van der Waals surface area contributed by atoms with Crippen LogP contribution in [-0.2, 0) is 27.7 Å². The second-order valence-electron chi connectivity index (χ2n) is 13.2. The van der Waals surface area contributed by atoms with E-state index in [1.54, 1.807) is 9.47 Å². The van der Waals surface area contributed by atoms with E-state index in [1.165, 1.54) is 17.5 Å². The summed E-state index contributed by atoms with van der Waals surface area (Å²) in [5.74, 6) is 0.132. The van der Waals surface area contributed by atoms with E-state index in [2.05, 4.69) is 31.3 Å². The van der Waals surface area contributed by atoms with Gasteiger partial charge >= 0.3 is 12.3 Å². The van der Waals surface area contributed by atoms with Crippen molar-refractivity contribution in [1.29, 1.82) is 0 Å². The Labute approximate surface area is 260 Å². The molecule has 10 nitrogen and oxygen atoms in total. The van der Waals surface area contributed by atoms with Crippen LogP contribution in [-0.4, -0.2) is 54.8 Å². The molecule has 1 saturated carbocycles. The van der Waals surface area contributed by atoms with Gasteiger partial charge in [0.2, 0.25) is 16.4 Å². The topological polar surface area (TPSA) is 111 Å². The Morgan fingerprint density at radius 2 is 1.84 bits per heavy atom. The second kappa shape index (κ2) is 10.6. The SMILES string of the molecule is Cc1cc(C(F)(F)F)ccc1NC(=O)Cn1c2c(c(=O)n3nc(Br)nc13)C1(CCN(C(=O)OC(C)(C)C)CC1)CC2C1CC1. The molecule has 236 valence electrons. The van der Waals surface area contributed by atoms with Crippen LogP contribution in [0.5, 0.6) is 0 Å². The normalized spacial score (nSPS) is 19.8. The van der Waals surface area contributed by atoms with Crippen molar-refractivity contribution in [1.82, 2.24) is 24.1 Å². The Bertz CT molecular complexity index is 1710. The quantitative estimate of drug-likeness (QED) is 0.374. The first-order chi connectivity index (χ1) is 20.6. The Kier molecular flexibility index (Phi) is 7.37. The maximum Gasteiger partial charge on any atom is 0.416 e. The number of anilines is 1. The van der Waals surface area contributed by atoms with Gasteiger partial charge in [-0.2, -0.15) is 22.7 Å². The van der Waals surface area contributed by atoms with Gasteiger partial charge in [0.05, 0.1) is 5.56 Å². The molecule has 14 heteroatoms. The molecule has 1 aliphatic heterocycles. The molecule has 0 radical (unpaired) electrons. The predicted molar refractivity (Wildman–Crippen MR) is 159 cm³/mol. The fourth-order valence-corrected chi connectivity index (χ4v) is 7.13. The summed E-state index contributed by atoms with van der Waals surface area (Å²) in [5, 5.41) is 7.05. The summed E-state index contributed by atoms with van der Waals surface area (Å²) >= 11 is 3.28. The van der Waals surface area contributed by atoms with Crippen molar-refractivity contribution in [2.45, 2.75) is 89.5 Å². The minimum atomic E-state index is -4.49. The second-order valence-corrected chi connectivity index (χ2v) is 13.9. The van der Waals surface area contributed by atoms with Crippen molar-refractivity contribution in [3.63, 3.8) is 0 Å². The maximum absolute atomic E-state index is 14.1. The first kappa shape index (κ1) is 30.6. The number of carbonyl (C=O) groups is 2. The Morgan fingerprint density at radius 3 is 2.43 bits per heavy atom. The van der Waals surface area contributed by atoms with E-state index in [0.717, 1.165) is 37.1 Å². The lowest BCUT2D eigenvalue weighted by molar-refractivity contribution is -0.137. The largest absolute Gasteiger partial charge is 0.444 e. The maximum atomic E-state index is 14.1. The van der Waals surface area contributed by atoms with Crippen LogP contribution in [0.25, 0.3) is 5.78 Å². The smallest absolute Gasteiger partial charge is 0.416 e. The van der Waals surface area contributed by atoms with Gasteiger partial charge in [0.15, 0.2) is 0 Å². The molecule has 3 heterocycles. The number of alkyl halides is 3. The van der Waals surface area contributed by atoms with Gasteiger partial charge in [0.1, 0.15) is 12.1 Å². The number of nitrogens with one attached hydrogen (secondary N) is 1. The van der Waals surface area contributed by atoms with Gasteiger partial charge in [-0.15, -0.1) is 5.10 Å². The van der Waals surface area contributed by atoms with E-state index in [9.17, 15) is 27.6 Å². The predicted octanol–water partition coefficient (Wildman–Crippen LogP) is 5.79. The molecule has 1 saturated heterocycles. The summed E-state index contributed by atoms with van der Waals surface area (Å²) in [6.07, 6.45) is -1.00. The van der Waals surface area contributed by atoms with Crippen molar-refractivity contribution < 1.29 is 27.5 Å². The molecule has 2 aliphatic carbocycles. The van der Waals surface area contributed by atoms with Crippen molar-refractivity contribution >= 4 is 39.4 Å². The van der Waals surface area contributed by atoms with Crippen LogP contribution in [0.1, 0.15) is 81.2 Å². The van der Waals surface area contributed by atoms with E-state index < -0.39 is 28.7 Å². The summed E-state index contributed by atoms with van der Waals surface area (Å²) < 4.78 is 48.3. The highest BCUT2D eigenvalue weighted by Gasteiger charge is 2.53. The highest BCUT2D eigenvalue weighted by molar-refractivity contribution is 9.10. The summed E-state index contributed by atoms with van der Waals surface area (Å²) in [5.41, 5.74) is -0.273. The minimum absolute atomic E-state index is 0.0202. The number of amides is 2. The lowest BCUT2D eigenvalue weighted by Gasteiger charge is -2.40. The molecule has 6 rings (SSSR count). The van der Waals surface area contributed by atoms with E-state index in [-0.39, 0.29) is 45.9 Å². The zero-order chi connectivity index (χ0) is 31.8. The number of aryl methyl sites for hydroxylation is 1. The van der Waals surface area contributed by atoms with Gasteiger partial charge in [0, 0.05) is 41.4 Å². The molecule has 2 aromatic heterocycles. The number of nitrogens with zero attached hydrogens (tertiary/aromatic N) is 5. The van der Waals surface area contributed by atoms with Gasteiger partial charge in [-0.25, -0.2) is 4.79 Å². The molecule has 1 spiro atoms. The van der Waals surface area contributed by atoms with Crippen LogP contribution in [0.3, 0.4) is 0 Å². The molecular weight excluding hydrogens is 645 g/mol.